The van der Waals surface area contributed by atoms with Crippen molar-refractivity contribution in [2.75, 3.05) is 11.0 Å². The first-order valence-corrected chi connectivity index (χ1v) is 7.55. The predicted octanol–water partition coefficient (Wildman–Crippen LogP) is 2.15. The summed E-state index contributed by atoms with van der Waals surface area (Å²) >= 11 is 0. The zero-order valence-electron chi connectivity index (χ0n) is 10.2. The second kappa shape index (κ2) is 4.17. The summed E-state index contributed by atoms with van der Waals surface area (Å²) in [6.45, 7) is 0. The van der Waals surface area contributed by atoms with Crippen LogP contribution in [0.3, 0.4) is 0 Å². The fourth-order valence-corrected chi connectivity index (χ4v) is 2.49. The first-order chi connectivity index (χ1) is 9.03. The summed E-state index contributed by atoms with van der Waals surface area (Å²) in [5.74, 6) is 0. The molecule has 1 N–H and O–H groups in total. The van der Waals surface area contributed by atoms with Gasteiger partial charge in [0.25, 0.3) is 0 Å². The molecule has 0 saturated heterocycles. The average Bonchev–Trinajstić information content (AvgIpc) is 2.35. The molecule has 0 spiro atoms. The molecule has 0 amide bonds. The van der Waals surface area contributed by atoms with Crippen LogP contribution >= 0.6 is 0 Å². The van der Waals surface area contributed by atoms with E-state index in [0.717, 1.165) is 17.3 Å². The number of sulfonamides is 1. The Morgan fingerprint density at radius 2 is 1.53 bits per heavy atom. The lowest BCUT2D eigenvalue weighted by Crippen LogP contribution is -2.10. The van der Waals surface area contributed by atoms with Crippen molar-refractivity contribution >= 4 is 37.8 Å². The third kappa shape index (κ3) is 2.34. The Kier molecular flexibility index (Phi) is 2.60. The Bertz CT molecular complexity index is 875. The molecule has 3 aromatic rings. The highest BCUT2D eigenvalue weighted by Crippen LogP contribution is 2.23. The van der Waals surface area contributed by atoms with Gasteiger partial charge < -0.3 is 0 Å². The van der Waals surface area contributed by atoms with Gasteiger partial charge in [0.15, 0.2) is 0 Å². The molecule has 1 heterocycles. The number of hydrogen-bond acceptors (Lipinski definition) is 4. The molecule has 19 heavy (non-hydrogen) atoms. The predicted molar refractivity (Wildman–Crippen MR) is 75.5 cm³/mol. The van der Waals surface area contributed by atoms with Gasteiger partial charge in [-0.15, -0.1) is 0 Å². The van der Waals surface area contributed by atoms with Crippen LogP contribution in [0.15, 0.2) is 42.5 Å². The summed E-state index contributed by atoms with van der Waals surface area (Å²) in [4.78, 5) is 8.94. The fraction of sp³-hybridized carbons (Fsp3) is 0.0769. The molecule has 0 atom stereocenters. The molecule has 0 aliphatic carbocycles. The van der Waals surface area contributed by atoms with Gasteiger partial charge in [-0.2, -0.15) is 0 Å². The summed E-state index contributed by atoms with van der Waals surface area (Å²) in [5.41, 5.74) is 3.17. The number of anilines is 1. The van der Waals surface area contributed by atoms with Gasteiger partial charge in [-0.05, 0) is 24.3 Å². The second-order valence-corrected chi connectivity index (χ2v) is 6.01. The highest BCUT2D eigenvalue weighted by atomic mass is 32.2. The van der Waals surface area contributed by atoms with Crippen molar-refractivity contribution in [3.05, 3.63) is 42.5 Å². The van der Waals surface area contributed by atoms with Crippen molar-refractivity contribution in [2.24, 2.45) is 0 Å². The number of benzene rings is 2. The van der Waals surface area contributed by atoms with Crippen LogP contribution in [0, 0.1) is 0 Å². The molecule has 1 aromatic heterocycles. The number of nitrogens with zero attached hydrogens (tertiary/aromatic N) is 2. The summed E-state index contributed by atoms with van der Waals surface area (Å²) in [6.07, 6.45) is 1.11. The summed E-state index contributed by atoms with van der Waals surface area (Å²) in [7, 11) is -3.34. The third-order valence-corrected chi connectivity index (χ3v) is 3.26. The van der Waals surface area contributed by atoms with Gasteiger partial charge in [-0.3, -0.25) is 4.72 Å². The van der Waals surface area contributed by atoms with Gasteiger partial charge in [0.05, 0.1) is 28.5 Å². The molecular weight excluding hydrogens is 262 g/mol. The van der Waals surface area contributed by atoms with E-state index in [1.807, 2.05) is 30.3 Å². The lowest BCUT2D eigenvalue weighted by molar-refractivity contribution is 0.607. The number of para-hydroxylation sites is 3. The molecule has 0 bridgehead atoms. The van der Waals surface area contributed by atoms with Crippen molar-refractivity contribution in [2.45, 2.75) is 0 Å². The molecule has 0 radical (unpaired) electrons. The minimum atomic E-state index is -3.34. The molecule has 0 aliphatic heterocycles. The van der Waals surface area contributed by atoms with Gasteiger partial charge in [0.1, 0.15) is 5.52 Å². The molecule has 3 rings (SSSR count). The number of hydrogen-bond donors (Lipinski definition) is 1. The van der Waals surface area contributed by atoms with Gasteiger partial charge in [-0.1, -0.05) is 18.2 Å². The fourth-order valence-electron chi connectivity index (χ4n) is 1.92. The van der Waals surface area contributed by atoms with E-state index in [4.69, 9.17) is 0 Å². The van der Waals surface area contributed by atoms with Crippen LogP contribution in [-0.4, -0.2) is 24.6 Å². The van der Waals surface area contributed by atoms with Crippen LogP contribution in [0.4, 0.5) is 5.69 Å². The zero-order chi connectivity index (χ0) is 13.5. The quantitative estimate of drug-likeness (QED) is 0.726. The molecule has 0 aliphatic rings. The molecule has 96 valence electrons. The van der Waals surface area contributed by atoms with Crippen molar-refractivity contribution < 1.29 is 8.42 Å². The Morgan fingerprint density at radius 3 is 2.21 bits per heavy atom. The topological polar surface area (TPSA) is 72.0 Å². The van der Waals surface area contributed by atoms with Crippen molar-refractivity contribution in [3.63, 3.8) is 0 Å². The normalized spacial score (nSPS) is 11.8. The Morgan fingerprint density at radius 1 is 0.895 bits per heavy atom. The number of nitrogens with one attached hydrogen (secondary N) is 1. The van der Waals surface area contributed by atoms with E-state index >= 15 is 0 Å². The molecule has 5 nitrogen and oxygen atoms in total. The number of rotatable bonds is 2. The first kappa shape index (κ1) is 11.9. The number of aromatic nitrogens is 2. The maximum Gasteiger partial charge on any atom is 0.229 e. The van der Waals surface area contributed by atoms with Gasteiger partial charge in [-0.25, -0.2) is 18.4 Å². The van der Waals surface area contributed by atoms with Crippen LogP contribution in [0.1, 0.15) is 0 Å². The van der Waals surface area contributed by atoms with E-state index in [2.05, 4.69) is 14.7 Å². The van der Waals surface area contributed by atoms with Crippen LogP contribution < -0.4 is 4.72 Å². The van der Waals surface area contributed by atoms with Crippen LogP contribution in [0.2, 0.25) is 0 Å². The lowest BCUT2D eigenvalue weighted by atomic mass is 10.2. The molecule has 0 fully saturated rings. The highest BCUT2D eigenvalue weighted by Gasteiger charge is 2.09. The monoisotopic (exact) mass is 273 g/mol. The largest absolute Gasteiger partial charge is 0.282 e. The van der Waals surface area contributed by atoms with E-state index < -0.39 is 10.0 Å². The van der Waals surface area contributed by atoms with Gasteiger partial charge in [0, 0.05) is 0 Å². The van der Waals surface area contributed by atoms with Crippen LogP contribution in [0.5, 0.6) is 0 Å². The van der Waals surface area contributed by atoms with Crippen LogP contribution in [0.25, 0.3) is 22.1 Å². The van der Waals surface area contributed by atoms with E-state index in [1.165, 1.54) is 0 Å². The van der Waals surface area contributed by atoms with Crippen molar-refractivity contribution in [1.29, 1.82) is 0 Å². The molecular formula is C13H11N3O2S. The van der Waals surface area contributed by atoms with Crippen molar-refractivity contribution in [3.8, 4) is 0 Å². The summed E-state index contributed by atoms with van der Waals surface area (Å²) in [5, 5.41) is 0. The van der Waals surface area contributed by atoms with Gasteiger partial charge in [0.2, 0.25) is 10.0 Å². The van der Waals surface area contributed by atoms with E-state index in [-0.39, 0.29) is 0 Å². The summed E-state index contributed by atoms with van der Waals surface area (Å²) < 4.78 is 25.2. The third-order valence-electron chi connectivity index (χ3n) is 2.66. The Labute approximate surface area is 110 Å². The zero-order valence-corrected chi connectivity index (χ0v) is 11.0. The van der Waals surface area contributed by atoms with E-state index in [0.29, 0.717) is 16.7 Å². The SMILES string of the molecule is CS(=O)(=O)Nc1cccc2nc3ccccc3nc12. The smallest absolute Gasteiger partial charge is 0.229 e. The Hall–Kier alpha value is -2.21. The van der Waals surface area contributed by atoms with Crippen molar-refractivity contribution in [1.82, 2.24) is 9.97 Å². The summed E-state index contributed by atoms with van der Waals surface area (Å²) in [6, 6.07) is 12.7. The first-order valence-electron chi connectivity index (χ1n) is 5.66. The minimum absolute atomic E-state index is 0.443. The molecule has 0 saturated carbocycles. The lowest BCUT2D eigenvalue weighted by Gasteiger charge is -2.07. The minimum Gasteiger partial charge on any atom is -0.282 e. The maximum absolute atomic E-state index is 11.3. The Balaban J connectivity index is 2.32. The second-order valence-electron chi connectivity index (χ2n) is 4.26. The standard InChI is InChI=1S/C13H11N3O2S/c1-19(17,18)16-12-8-4-7-11-13(12)15-10-6-3-2-5-9(10)14-11/h2-8,16H,1H3. The maximum atomic E-state index is 11.3. The number of fused-ring (bicyclic) bond motifs is 2. The van der Waals surface area contributed by atoms with Gasteiger partial charge >= 0.3 is 0 Å². The molecule has 6 heteroatoms. The van der Waals surface area contributed by atoms with Crippen LogP contribution in [-0.2, 0) is 10.0 Å². The van der Waals surface area contributed by atoms with E-state index in [9.17, 15) is 8.42 Å². The van der Waals surface area contributed by atoms with E-state index in [1.54, 1.807) is 12.1 Å². The average molecular weight is 273 g/mol. The highest BCUT2D eigenvalue weighted by molar-refractivity contribution is 7.92. The molecule has 2 aromatic carbocycles. The molecule has 0 unspecified atom stereocenters.